The van der Waals surface area contributed by atoms with Gasteiger partial charge < -0.3 is 19.5 Å². The van der Waals surface area contributed by atoms with E-state index in [9.17, 15) is 14.0 Å². The van der Waals surface area contributed by atoms with E-state index in [1.165, 1.54) is 7.11 Å². The predicted molar refractivity (Wildman–Crippen MR) is 113 cm³/mol. The van der Waals surface area contributed by atoms with Gasteiger partial charge >= 0.3 is 12.1 Å². The summed E-state index contributed by atoms with van der Waals surface area (Å²) in [6.07, 6.45) is 1.48. The fraction of sp³-hybridized carbons (Fsp3) is 0.571. The average molecular weight is 454 g/mol. The van der Waals surface area contributed by atoms with Crippen LogP contribution in [-0.4, -0.2) is 60.3 Å². The van der Waals surface area contributed by atoms with Gasteiger partial charge in [0.25, 0.3) is 0 Å². The number of alkyl carbamates (subject to hydrolysis) is 1. The molecule has 2 heterocycles. The molecule has 170 valence electrons. The molecule has 1 aromatic rings. The highest BCUT2D eigenvalue weighted by Gasteiger charge is 2.60. The van der Waals surface area contributed by atoms with Gasteiger partial charge in [0.2, 0.25) is 5.88 Å². The number of rotatable bonds is 8. The smallest absolute Gasteiger partial charge is 0.407 e. The monoisotopic (exact) mass is 453 g/mol. The van der Waals surface area contributed by atoms with Crippen molar-refractivity contribution in [2.24, 2.45) is 17.8 Å². The summed E-state index contributed by atoms with van der Waals surface area (Å²) in [5.41, 5.74) is -0.370. The highest BCUT2D eigenvalue weighted by Crippen LogP contribution is 2.54. The summed E-state index contributed by atoms with van der Waals surface area (Å²) in [5.74, 6) is 1.08. The van der Waals surface area contributed by atoms with Crippen LogP contribution in [0.1, 0.15) is 20.8 Å². The molecule has 1 aliphatic carbocycles. The molecule has 0 spiro atoms. The number of amides is 1. The average Bonchev–Trinajstić information content (AvgIpc) is 3.22. The zero-order valence-corrected chi connectivity index (χ0v) is 18.9. The number of methoxy groups -OCH3 is 1. The van der Waals surface area contributed by atoms with Crippen molar-refractivity contribution < 1.29 is 28.2 Å². The van der Waals surface area contributed by atoms with Crippen molar-refractivity contribution >= 4 is 24.0 Å². The fourth-order valence-electron chi connectivity index (χ4n) is 3.49. The highest BCUT2D eigenvalue weighted by molar-refractivity contribution is 7.97. The predicted octanol–water partition coefficient (Wildman–Crippen LogP) is 3.20. The summed E-state index contributed by atoms with van der Waals surface area (Å²) in [6.45, 7) is 6.88. The van der Waals surface area contributed by atoms with E-state index in [0.717, 1.165) is 18.0 Å². The second-order valence-electron chi connectivity index (χ2n) is 8.56. The first-order valence-corrected chi connectivity index (χ1v) is 10.8. The van der Waals surface area contributed by atoms with Crippen LogP contribution in [0.5, 0.6) is 5.88 Å². The van der Waals surface area contributed by atoms with E-state index in [-0.39, 0.29) is 30.6 Å². The number of carbonyl (C=O) groups excluding carboxylic acids is 2. The summed E-state index contributed by atoms with van der Waals surface area (Å²) in [7, 11) is 1.43. The Bertz CT molecular complexity index is 815. The highest BCUT2D eigenvalue weighted by atomic mass is 32.2. The lowest BCUT2D eigenvalue weighted by Gasteiger charge is -2.20. The van der Waals surface area contributed by atoms with Crippen LogP contribution in [0, 0.1) is 17.8 Å². The van der Waals surface area contributed by atoms with Crippen molar-refractivity contribution in [1.82, 2.24) is 14.6 Å². The van der Waals surface area contributed by atoms with Gasteiger partial charge in [-0.25, -0.2) is 18.5 Å². The third-order valence-electron chi connectivity index (χ3n) is 5.00. The molecule has 2 atom stereocenters. The van der Waals surface area contributed by atoms with Crippen molar-refractivity contribution in [1.29, 1.82) is 0 Å². The molecular formula is C21H28FN3O5S. The lowest BCUT2D eigenvalue weighted by molar-refractivity contribution is -0.143. The van der Waals surface area contributed by atoms with Gasteiger partial charge in [-0.1, -0.05) is 0 Å². The minimum atomic E-state index is -0.623. The number of fused-ring (bicyclic) bond motifs is 1. The van der Waals surface area contributed by atoms with Crippen LogP contribution in [0.2, 0.25) is 0 Å². The first-order valence-electron chi connectivity index (χ1n) is 10.0. The maximum Gasteiger partial charge on any atom is 0.407 e. The molecule has 0 aromatic carbocycles. The zero-order valence-electron chi connectivity index (χ0n) is 18.1. The molecule has 1 saturated heterocycles. The maximum absolute atomic E-state index is 13.1. The molecule has 1 saturated carbocycles. The molecule has 3 rings (SSSR count). The van der Waals surface area contributed by atoms with E-state index < -0.39 is 11.7 Å². The van der Waals surface area contributed by atoms with Gasteiger partial charge in [0.15, 0.2) is 0 Å². The Balaban J connectivity index is 1.39. The minimum absolute atomic E-state index is 0.0246. The number of nitrogens with one attached hydrogen (secondary N) is 1. The first-order chi connectivity index (χ1) is 14.7. The Hall–Kier alpha value is -2.33. The van der Waals surface area contributed by atoms with Crippen molar-refractivity contribution in [3.05, 3.63) is 30.2 Å². The molecular weight excluding hydrogens is 425 g/mol. The number of esters is 1. The largest absolute Gasteiger partial charge is 0.473 e. The minimum Gasteiger partial charge on any atom is -0.473 e. The van der Waals surface area contributed by atoms with E-state index in [0.29, 0.717) is 24.0 Å². The van der Waals surface area contributed by atoms with Crippen LogP contribution in [-0.2, 0) is 14.3 Å². The second-order valence-corrected chi connectivity index (χ2v) is 9.73. The number of ether oxygens (including phenoxy) is 3. The molecule has 1 aliphatic heterocycles. The van der Waals surface area contributed by atoms with Crippen LogP contribution >= 0.6 is 11.9 Å². The number of carbonyl (C=O) groups is 2. The van der Waals surface area contributed by atoms with Gasteiger partial charge in [0, 0.05) is 42.4 Å². The number of hydrogen-bond acceptors (Lipinski definition) is 8. The van der Waals surface area contributed by atoms with Gasteiger partial charge in [-0.2, -0.15) is 0 Å². The number of halogens is 1. The molecule has 2 fully saturated rings. The SMILES string of the molecule is COC(=O)C1C2CN(Sc3ccc(OC/C(=C/F)CNC(=O)OC(C)(C)C)nc3)CC21. The molecule has 0 bridgehead atoms. The second kappa shape index (κ2) is 9.86. The quantitative estimate of drug-likeness (QED) is 0.474. The van der Waals surface area contributed by atoms with Gasteiger partial charge in [-0.15, -0.1) is 0 Å². The molecule has 1 N–H and O–H groups in total. The normalized spacial score (nSPS) is 23.1. The van der Waals surface area contributed by atoms with Gasteiger partial charge in [-0.3, -0.25) is 4.79 Å². The van der Waals surface area contributed by atoms with Crippen LogP contribution in [0.3, 0.4) is 0 Å². The van der Waals surface area contributed by atoms with Gasteiger partial charge in [0.05, 0.1) is 19.4 Å². The van der Waals surface area contributed by atoms with Crippen LogP contribution in [0.15, 0.2) is 35.1 Å². The molecule has 2 unspecified atom stereocenters. The summed E-state index contributed by atoms with van der Waals surface area (Å²) in [6, 6.07) is 3.60. The van der Waals surface area contributed by atoms with E-state index >= 15 is 0 Å². The lowest BCUT2D eigenvalue weighted by atomic mass is 10.2. The molecule has 1 amide bonds. The topological polar surface area (TPSA) is 90.0 Å². The summed E-state index contributed by atoms with van der Waals surface area (Å²) in [4.78, 5) is 28.5. The van der Waals surface area contributed by atoms with E-state index in [1.54, 1.807) is 45.0 Å². The third-order valence-corrected chi connectivity index (χ3v) is 6.00. The number of nitrogens with zero attached hydrogens (tertiary/aromatic N) is 2. The van der Waals surface area contributed by atoms with Crippen molar-refractivity contribution in [2.75, 3.05) is 33.4 Å². The lowest BCUT2D eigenvalue weighted by Crippen LogP contribution is -2.34. The fourth-order valence-corrected chi connectivity index (χ4v) is 4.51. The zero-order chi connectivity index (χ0) is 22.6. The van der Waals surface area contributed by atoms with Crippen LogP contribution < -0.4 is 10.1 Å². The molecule has 1 aromatic heterocycles. The molecule has 2 aliphatic rings. The molecule has 31 heavy (non-hydrogen) atoms. The third kappa shape index (κ3) is 6.57. The molecule has 0 radical (unpaired) electrons. The number of hydrogen-bond donors (Lipinski definition) is 1. The van der Waals surface area contributed by atoms with Gasteiger partial charge in [0.1, 0.15) is 12.2 Å². The Morgan fingerprint density at radius 2 is 2.03 bits per heavy atom. The Morgan fingerprint density at radius 1 is 1.32 bits per heavy atom. The van der Waals surface area contributed by atoms with Crippen LogP contribution in [0.25, 0.3) is 0 Å². The van der Waals surface area contributed by atoms with E-state index in [2.05, 4.69) is 14.6 Å². The van der Waals surface area contributed by atoms with E-state index in [1.807, 2.05) is 6.07 Å². The number of pyridine rings is 1. The number of piperidine rings is 1. The summed E-state index contributed by atoms with van der Waals surface area (Å²) < 4.78 is 30.8. The summed E-state index contributed by atoms with van der Waals surface area (Å²) >= 11 is 1.59. The van der Waals surface area contributed by atoms with E-state index in [4.69, 9.17) is 14.2 Å². The molecule has 10 heteroatoms. The molecule has 8 nitrogen and oxygen atoms in total. The standard InChI is InChI=1S/C21H28FN3O5S/c1-21(2,3)30-20(27)24-8-13(7-22)12-29-17-6-5-14(9-23-17)31-25-10-15-16(11-25)18(15)19(26)28-4/h5-7,9,15-16,18H,8,10-12H2,1-4H3,(H,24,27)/b13-7+. The Morgan fingerprint density at radius 3 is 2.58 bits per heavy atom. The number of aromatic nitrogens is 1. The van der Waals surface area contributed by atoms with Gasteiger partial charge in [-0.05, 0) is 50.6 Å². The van der Waals surface area contributed by atoms with Crippen molar-refractivity contribution in [3.8, 4) is 5.88 Å². The Labute approximate surface area is 185 Å². The Kier molecular flexibility index (Phi) is 7.42. The van der Waals surface area contributed by atoms with Crippen molar-refractivity contribution in [3.63, 3.8) is 0 Å². The maximum atomic E-state index is 13.1. The van der Waals surface area contributed by atoms with Crippen molar-refractivity contribution in [2.45, 2.75) is 31.3 Å². The first kappa shape index (κ1) is 23.3. The van der Waals surface area contributed by atoms with Crippen LogP contribution in [0.4, 0.5) is 9.18 Å². The summed E-state index contributed by atoms with van der Waals surface area (Å²) in [5, 5.41) is 2.49.